The Morgan fingerprint density at radius 1 is 1.00 bits per heavy atom. The van der Waals surface area contributed by atoms with E-state index in [9.17, 15) is 9.59 Å². The summed E-state index contributed by atoms with van der Waals surface area (Å²) < 4.78 is 0. The predicted octanol–water partition coefficient (Wildman–Crippen LogP) is 3.28. The van der Waals surface area contributed by atoms with E-state index in [0.717, 1.165) is 24.9 Å². The lowest BCUT2D eigenvalue weighted by atomic mass is 9.90. The summed E-state index contributed by atoms with van der Waals surface area (Å²) in [5.41, 5.74) is 4.05. The number of carbonyl (C=O) groups excluding carboxylic acids is 2. The average molecular weight is 322 g/mol. The fourth-order valence-electron chi connectivity index (χ4n) is 3.18. The van der Waals surface area contributed by atoms with Gasteiger partial charge < -0.3 is 10.2 Å². The van der Waals surface area contributed by atoms with Crippen molar-refractivity contribution in [2.45, 2.75) is 25.7 Å². The highest BCUT2D eigenvalue weighted by molar-refractivity contribution is 5.99. The molecule has 0 spiro atoms. The monoisotopic (exact) mass is 322 g/mol. The third-order valence-electron chi connectivity index (χ3n) is 4.42. The molecule has 24 heavy (non-hydrogen) atoms. The third kappa shape index (κ3) is 3.65. The smallest absolute Gasteiger partial charge is 0.254 e. The van der Waals surface area contributed by atoms with E-state index in [1.807, 2.05) is 30.3 Å². The van der Waals surface area contributed by atoms with Crippen molar-refractivity contribution >= 4 is 17.5 Å². The number of nitrogens with one attached hydrogen (secondary N) is 1. The number of aryl methyl sites for hydroxylation is 1. The predicted molar refractivity (Wildman–Crippen MR) is 95.1 cm³/mol. The molecular formula is C20H22N2O2. The van der Waals surface area contributed by atoms with Gasteiger partial charge in [0.05, 0.1) is 6.54 Å². The zero-order valence-electron chi connectivity index (χ0n) is 13.9. The van der Waals surface area contributed by atoms with Crippen LogP contribution in [-0.2, 0) is 17.6 Å². The van der Waals surface area contributed by atoms with Crippen LogP contribution in [0.3, 0.4) is 0 Å². The summed E-state index contributed by atoms with van der Waals surface area (Å²) in [6.07, 6.45) is 4.45. The number of anilines is 1. The fraction of sp³-hybridized carbons (Fsp3) is 0.300. The van der Waals surface area contributed by atoms with Gasteiger partial charge in [-0.3, -0.25) is 9.59 Å². The second-order valence-electron chi connectivity index (χ2n) is 6.23. The molecule has 2 amide bonds. The molecule has 1 N–H and O–H groups in total. The molecule has 1 aliphatic carbocycles. The highest BCUT2D eigenvalue weighted by Gasteiger charge is 2.17. The molecule has 0 radical (unpaired) electrons. The number of benzene rings is 2. The first-order valence-corrected chi connectivity index (χ1v) is 8.36. The molecule has 0 aromatic heterocycles. The molecule has 2 aromatic rings. The van der Waals surface area contributed by atoms with Crippen molar-refractivity contribution in [2.75, 3.05) is 18.9 Å². The van der Waals surface area contributed by atoms with Gasteiger partial charge in [0.2, 0.25) is 5.91 Å². The number of hydrogen-bond acceptors (Lipinski definition) is 2. The molecule has 4 nitrogen and oxygen atoms in total. The summed E-state index contributed by atoms with van der Waals surface area (Å²) >= 11 is 0. The van der Waals surface area contributed by atoms with Crippen LogP contribution in [0.4, 0.5) is 5.69 Å². The minimum Gasteiger partial charge on any atom is -0.332 e. The van der Waals surface area contributed by atoms with Crippen LogP contribution in [0.2, 0.25) is 0 Å². The van der Waals surface area contributed by atoms with E-state index < -0.39 is 0 Å². The van der Waals surface area contributed by atoms with Crippen molar-refractivity contribution in [1.29, 1.82) is 0 Å². The lowest BCUT2D eigenvalue weighted by Gasteiger charge is -2.21. The standard InChI is InChI=1S/C20H22N2O2/c1-22(20(24)16-9-3-2-4-10-16)14-19(23)21-18-13-7-11-15-8-5-6-12-17(15)18/h2-4,7,9-11,13H,5-6,8,12,14H2,1H3,(H,21,23). The van der Waals surface area contributed by atoms with Crippen LogP contribution in [0.5, 0.6) is 0 Å². The first kappa shape index (κ1) is 16.2. The molecule has 0 aliphatic heterocycles. The fourth-order valence-corrected chi connectivity index (χ4v) is 3.18. The lowest BCUT2D eigenvalue weighted by molar-refractivity contribution is -0.116. The Balaban J connectivity index is 1.65. The minimum absolute atomic E-state index is 0.0391. The van der Waals surface area contributed by atoms with Crippen molar-refractivity contribution in [2.24, 2.45) is 0 Å². The highest BCUT2D eigenvalue weighted by atomic mass is 16.2. The Morgan fingerprint density at radius 3 is 2.54 bits per heavy atom. The van der Waals surface area contributed by atoms with Crippen LogP contribution in [0, 0.1) is 0 Å². The van der Waals surface area contributed by atoms with Crippen molar-refractivity contribution in [3.8, 4) is 0 Å². The Labute approximate surface area is 142 Å². The van der Waals surface area contributed by atoms with Crippen LogP contribution in [0.15, 0.2) is 48.5 Å². The summed E-state index contributed by atoms with van der Waals surface area (Å²) in [6, 6.07) is 15.1. The summed E-state index contributed by atoms with van der Waals surface area (Å²) in [5, 5.41) is 2.97. The topological polar surface area (TPSA) is 49.4 Å². The van der Waals surface area contributed by atoms with Crippen LogP contribution in [0.25, 0.3) is 0 Å². The first-order chi connectivity index (χ1) is 11.6. The quantitative estimate of drug-likeness (QED) is 0.939. The van der Waals surface area contributed by atoms with Gasteiger partial charge in [-0.15, -0.1) is 0 Å². The van der Waals surface area contributed by atoms with E-state index in [4.69, 9.17) is 0 Å². The van der Waals surface area contributed by atoms with E-state index in [1.54, 1.807) is 19.2 Å². The molecule has 0 heterocycles. The Hall–Kier alpha value is -2.62. The third-order valence-corrected chi connectivity index (χ3v) is 4.42. The van der Waals surface area contributed by atoms with Gasteiger partial charge in [0.1, 0.15) is 0 Å². The van der Waals surface area contributed by atoms with Crippen LogP contribution in [-0.4, -0.2) is 30.3 Å². The zero-order valence-corrected chi connectivity index (χ0v) is 13.9. The molecule has 1 aliphatic rings. The molecule has 0 fully saturated rings. The molecule has 0 atom stereocenters. The van der Waals surface area contributed by atoms with Gasteiger partial charge in [-0.25, -0.2) is 0 Å². The van der Waals surface area contributed by atoms with E-state index in [1.165, 1.54) is 22.4 Å². The molecule has 0 saturated carbocycles. The number of likely N-dealkylation sites (N-methyl/N-ethyl adjacent to an activating group) is 1. The van der Waals surface area contributed by atoms with Gasteiger partial charge in [-0.2, -0.15) is 0 Å². The number of nitrogens with zero attached hydrogens (tertiary/aromatic N) is 1. The number of hydrogen-bond donors (Lipinski definition) is 1. The molecule has 0 unspecified atom stereocenters. The van der Waals surface area contributed by atoms with Gasteiger partial charge in [-0.1, -0.05) is 30.3 Å². The Kier molecular flexibility index (Phi) is 4.94. The molecule has 0 bridgehead atoms. The first-order valence-electron chi connectivity index (χ1n) is 8.36. The van der Waals surface area contributed by atoms with Gasteiger partial charge >= 0.3 is 0 Å². The van der Waals surface area contributed by atoms with Crippen molar-refractivity contribution in [3.05, 3.63) is 65.2 Å². The summed E-state index contributed by atoms with van der Waals surface area (Å²) in [5.74, 6) is -0.318. The van der Waals surface area contributed by atoms with Gasteiger partial charge in [0.15, 0.2) is 0 Å². The van der Waals surface area contributed by atoms with Crippen molar-refractivity contribution < 1.29 is 9.59 Å². The van der Waals surface area contributed by atoms with Gasteiger partial charge in [0, 0.05) is 18.3 Å². The number of fused-ring (bicyclic) bond motifs is 1. The SMILES string of the molecule is CN(CC(=O)Nc1cccc2c1CCCC2)C(=O)c1ccccc1. The number of amides is 2. The molecule has 124 valence electrons. The highest BCUT2D eigenvalue weighted by Crippen LogP contribution is 2.27. The van der Waals surface area contributed by atoms with E-state index in [2.05, 4.69) is 11.4 Å². The number of rotatable bonds is 4. The average Bonchev–Trinajstić information content (AvgIpc) is 2.62. The van der Waals surface area contributed by atoms with Crippen molar-refractivity contribution in [1.82, 2.24) is 4.90 Å². The maximum atomic E-state index is 12.3. The molecule has 4 heteroatoms. The minimum atomic E-state index is -0.166. The Morgan fingerprint density at radius 2 is 1.75 bits per heavy atom. The maximum Gasteiger partial charge on any atom is 0.254 e. The molecular weight excluding hydrogens is 300 g/mol. The van der Waals surface area contributed by atoms with Crippen LogP contribution < -0.4 is 5.32 Å². The number of carbonyl (C=O) groups is 2. The van der Waals surface area contributed by atoms with E-state index >= 15 is 0 Å². The van der Waals surface area contributed by atoms with Crippen molar-refractivity contribution in [3.63, 3.8) is 0 Å². The molecule has 3 rings (SSSR count). The normalized spacial score (nSPS) is 13.0. The van der Waals surface area contributed by atoms with Gasteiger partial charge in [0.25, 0.3) is 5.91 Å². The molecule has 0 saturated heterocycles. The molecule has 2 aromatic carbocycles. The zero-order chi connectivity index (χ0) is 16.9. The second kappa shape index (κ2) is 7.30. The van der Waals surface area contributed by atoms with Gasteiger partial charge in [-0.05, 0) is 55.0 Å². The largest absolute Gasteiger partial charge is 0.332 e. The van der Waals surface area contributed by atoms with Crippen LogP contribution in [0.1, 0.15) is 34.3 Å². The lowest BCUT2D eigenvalue weighted by Crippen LogP contribution is -2.35. The maximum absolute atomic E-state index is 12.3. The van der Waals surface area contributed by atoms with E-state index in [0.29, 0.717) is 5.56 Å². The van der Waals surface area contributed by atoms with E-state index in [-0.39, 0.29) is 18.4 Å². The summed E-state index contributed by atoms with van der Waals surface area (Å²) in [4.78, 5) is 26.1. The van der Waals surface area contributed by atoms with Crippen LogP contribution >= 0.6 is 0 Å². The Bertz CT molecular complexity index is 741. The second-order valence-corrected chi connectivity index (χ2v) is 6.23. The summed E-state index contributed by atoms with van der Waals surface area (Å²) in [7, 11) is 1.65. The summed E-state index contributed by atoms with van der Waals surface area (Å²) in [6.45, 7) is 0.0391.